The van der Waals surface area contributed by atoms with Crippen molar-refractivity contribution >= 4 is 62.2 Å². The predicted octanol–water partition coefficient (Wildman–Crippen LogP) is 1.87. The molecule has 0 saturated carbocycles. The number of nitrogen functional groups attached to an aromatic ring is 1. The quantitative estimate of drug-likeness (QED) is 0.250. The highest BCUT2D eigenvalue weighted by molar-refractivity contribution is 9.10. The number of rotatable bonds is 7. The zero-order chi connectivity index (χ0) is 22.7. The van der Waals surface area contributed by atoms with Gasteiger partial charge in [-0.05, 0) is 22.0 Å². The van der Waals surface area contributed by atoms with Crippen LogP contribution in [0.3, 0.4) is 0 Å². The molecule has 2 aromatic heterocycles. The summed E-state index contributed by atoms with van der Waals surface area (Å²) in [6.45, 7) is -0.139. The van der Waals surface area contributed by atoms with Gasteiger partial charge in [-0.15, -0.1) is 0 Å². The summed E-state index contributed by atoms with van der Waals surface area (Å²) >= 11 is 3.43. The van der Waals surface area contributed by atoms with Gasteiger partial charge in [0.1, 0.15) is 29.2 Å². The van der Waals surface area contributed by atoms with Crippen LogP contribution in [0, 0.1) is 5.41 Å². The van der Waals surface area contributed by atoms with E-state index in [9.17, 15) is 9.59 Å². The van der Waals surface area contributed by atoms with Crippen molar-refractivity contribution in [1.29, 1.82) is 5.41 Å². The van der Waals surface area contributed by atoms with Gasteiger partial charge in [0.05, 0.1) is 29.2 Å². The summed E-state index contributed by atoms with van der Waals surface area (Å²) < 4.78 is 5.81. The molecule has 162 valence electrons. The molecule has 0 radical (unpaired) electrons. The highest BCUT2D eigenvalue weighted by atomic mass is 79.9. The topological polar surface area (TPSA) is 162 Å². The van der Waals surface area contributed by atoms with Crippen LogP contribution in [-0.2, 0) is 4.79 Å². The van der Waals surface area contributed by atoms with E-state index in [-0.39, 0.29) is 18.1 Å². The number of likely N-dealkylation sites (N-methyl/N-ethyl adjacent to an activating group) is 1. The van der Waals surface area contributed by atoms with E-state index < -0.39 is 5.91 Å². The molecule has 0 bridgehead atoms. The van der Waals surface area contributed by atoms with E-state index in [4.69, 9.17) is 15.9 Å². The molecule has 12 heteroatoms. The second kappa shape index (κ2) is 9.00. The number of halogens is 1. The van der Waals surface area contributed by atoms with Crippen LogP contribution in [0.2, 0.25) is 0 Å². The molecule has 0 atom stereocenters. The van der Waals surface area contributed by atoms with E-state index in [1.165, 1.54) is 18.3 Å². The fourth-order valence-corrected chi connectivity index (χ4v) is 3.43. The van der Waals surface area contributed by atoms with Crippen molar-refractivity contribution in [3.05, 3.63) is 34.2 Å². The van der Waals surface area contributed by atoms with E-state index in [2.05, 4.69) is 41.5 Å². The lowest BCUT2D eigenvalue weighted by Crippen LogP contribution is -2.36. The molecule has 31 heavy (non-hydrogen) atoms. The molecular formula is C19H21BrN8O3. The van der Waals surface area contributed by atoms with Gasteiger partial charge in [0.15, 0.2) is 0 Å². The van der Waals surface area contributed by atoms with E-state index in [0.29, 0.717) is 44.0 Å². The Balaban J connectivity index is 1.98. The molecule has 3 rings (SSSR count). The second-order valence-electron chi connectivity index (χ2n) is 6.68. The number of hydrogen-bond acceptors (Lipinski definition) is 8. The zero-order valence-corrected chi connectivity index (χ0v) is 18.6. The minimum absolute atomic E-state index is 0.139. The summed E-state index contributed by atoms with van der Waals surface area (Å²) in [4.78, 5) is 37.1. The number of fused-ring (bicyclic) bond motifs is 1. The first-order chi connectivity index (χ1) is 14.8. The first kappa shape index (κ1) is 22.0. The second-order valence-corrected chi connectivity index (χ2v) is 7.47. The number of aromatic amines is 1. The minimum atomic E-state index is -0.470. The van der Waals surface area contributed by atoms with Gasteiger partial charge in [-0.25, -0.2) is 9.97 Å². The van der Waals surface area contributed by atoms with E-state index >= 15 is 0 Å². The number of carbonyl (C=O) groups excluding carboxylic acids is 2. The summed E-state index contributed by atoms with van der Waals surface area (Å²) in [6.07, 6.45) is 2.48. The lowest BCUT2D eigenvalue weighted by atomic mass is 10.1. The van der Waals surface area contributed by atoms with Crippen molar-refractivity contribution in [3.8, 4) is 5.75 Å². The van der Waals surface area contributed by atoms with Crippen LogP contribution < -0.4 is 21.1 Å². The molecule has 3 aromatic rings. The fraction of sp³-hybridized carbons (Fsp3) is 0.211. The molecule has 0 aliphatic rings. The number of aromatic nitrogens is 3. The third-order valence-electron chi connectivity index (χ3n) is 4.47. The predicted molar refractivity (Wildman–Crippen MR) is 121 cm³/mol. The molecule has 0 spiro atoms. The smallest absolute Gasteiger partial charge is 0.269 e. The third-order valence-corrected chi connectivity index (χ3v) is 5.26. The number of hydrogen-bond donors (Lipinski definition) is 5. The summed E-state index contributed by atoms with van der Waals surface area (Å²) in [6, 6.07) is 3.27. The van der Waals surface area contributed by atoms with Crippen LogP contribution in [0.4, 0.5) is 17.2 Å². The van der Waals surface area contributed by atoms with Crippen LogP contribution in [-0.4, -0.2) is 65.6 Å². The van der Waals surface area contributed by atoms with Crippen molar-refractivity contribution in [3.63, 3.8) is 0 Å². The van der Waals surface area contributed by atoms with Crippen LogP contribution in [0.1, 0.15) is 16.1 Å². The van der Waals surface area contributed by atoms with Gasteiger partial charge < -0.3 is 36.4 Å². The molecular weight excluding hydrogens is 468 g/mol. The maximum atomic E-state index is 12.6. The molecule has 2 heterocycles. The zero-order valence-electron chi connectivity index (χ0n) is 17.0. The maximum absolute atomic E-state index is 12.6. The number of amides is 2. The maximum Gasteiger partial charge on any atom is 0.269 e. The monoisotopic (exact) mass is 488 g/mol. The Hall–Kier alpha value is -3.67. The molecule has 0 saturated heterocycles. The van der Waals surface area contributed by atoms with Crippen LogP contribution >= 0.6 is 15.9 Å². The molecule has 6 N–H and O–H groups in total. The average molecular weight is 489 g/mol. The largest absolute Gasteiger partial charge is 0.494 e. The fourth-order valence-electron chi connectivity index (χ4n) is 2.77. The van der Waals surface area contributed by atoms with Gasteiger partial charge in [-0.2, -0.15) is 0 Å². The lowest BCUT2D eigenvalue weighted by Gasteiger charge is -2.13. The number of benzene rings is 1. The average Bonchev–Trinajstić information content (AvgIpc) is 3.10. The highest BCUT2D eigenvalue weighted by Crippen LogP contribution is 2.36. The van der Waals surface area contributed by atoms with Gasteiger partial charge in [0.25, 0.3) is 5.91 Å². The lowest BCUT2D eigenvalue weighted by molar-refractivity contribution is -0.127. The van der Waals surface area contributed by atoms with E-state index in [0.717, 1.165) is 6.21 Å². The molecule has 11 nitrogen and oxygen atoms in total. The molecule has 1 aromatic carbocycles. The SMILES string of the molecule is COc1cc(N)c(C=N)cc1Nc1ncnc2[nH]c(C(=O)NCC(=O)N(C)C)c(Br)c12. The molecule has 0 aliphatic carbocycles. The summed E-state index contributed by atoms with van der Waals surface area (Å²) in [5.74, 6) is 0.152. The summed E-state index contributed by atoms with van der Waals surface area (Å²) in [5, 5.41) is 13.8. The van der Waals surface area contributed by atoms with Gasteiger partial charge in [0, 0.05) is 37.6 Å². The van der Waals surface area contributed by atoms with Crippen molar-refractivity contribution < 1.29 is 14.3 Å². The number of ether oxygens (including phenoxy) is 1. The van der Waals surface area contributed by atoms with Crippen molar-refractivity contribution in [1.82, 2.24) is 25.2 Å². The number of nitrogens with one attached hydrogen (secondary N) is 4. The Morgan fingerprint density at radius 2 is 2.10 bits per heavy atom. The Morgan fingerprint density at radius 3 is 2.74 bits per heavy atom. The summed E-state index contributed by atoms with van der Waals surface area (Å²) in [7, 11) is 4.72. The van der Waals surface area contributed by atoms with Gasteiger partial charge in [0.2, 0.25) is 5.91 Å². The number of nitrogens with two attached hydrogens (primary N) is 1. The van der Waals surface area contributed by atoms with E-state index in [1.54, 1.807) is 26.2 Å². The number of H-pyrrole nitrogens is 1. The van der Waals surface area contributed by atoms with Crippen LogP contribution in [0.5, 0.6) is 5.75 Å². The van der Waals surface area contributed by atoms with Gasteiger partial charge in [-0.1, -0.05) is 0 Å². The van der Waals surface area contributed by atoms with Crippen LogP contribution in [0.15, 0.2) is 22.9 Å². The first-order valence-electron chi connectivity index (χ1n) is 9.02. The standard InChI is InChI=1S/C19H21BrN8O3/c1-28(2)13(29)7-23-19(30)16-15(20)14-17(24-8-25-18(14)27-16)26-11-4-9(6-21)10(22)5-12(11)31-3/h4-6,8,21H,7,22H2,1-3H3,(H,23,30)(H2,24,25,26,27). The third kappa shape index (κ3) is 4.43. The normalized spacial score (nSPS) is 10.6. The Morgan fingerprint density at radius 1 is 1.35 bits per heavy atom. The number of anilines is 3. The Labute approximate surface area is 186 Å². The Bertz CT molecular complexity index is 1170. The Kier molecular flexibility index (Phi) is 6.39. The van der Waals surface area contributed by atoms with Crippen LogP contribution in [0.25, 0.3) is 11.0 Å². The highest BCUT2D eigenvalue weighted by Gasteiger charge is 2.21. The molecule has 0 aliphatic heterocycles. The van der Waals surface area contributed by atoms with Crippen molar-refractivity contribution in [2.24, 2.45) is 0 Å². The number of nitrogens with zero attached hydrogens (tertiary/aromatic N) is 3. The number of methoxy groups -OCH3 is 1. The molecule has 0 fully saturated rings. The summed E-state index contributed by atoms with van der Waals surface area (Å²) in [5.41, 5.74) is 7.98. The minimum Gasteiger partial charge on any atom is -0.494 e. The van der Waals surface area contributed by atoms with Gasteiger partial charge >= 0.3 is 0 Å². The van der Waals surface area contributed by atoms with Crippen molar-refractivity contribution in [2.75, 3.05) is 38.8 Å². The van der Waals surface area contributed by atoms with Crippen molar-refractivity contribution in [2.45, 2.75) is 0 Å². The number of carbonyl (C=O) groups is 2. The molecule has 0 unspecified atom stereocenters. The first-order valence-corrected chi connectivity index (χ1v) is 9.81. The van der Waals surface area contributed by atoms with Gasteiger partial charge in [-0.3, -0.25) is 9.59 Å². The molecule has 2 amide bonds. The van der Waals surface area contributed by atoms with E-state index in [1.807, 2.05) is 0 Å².